The third-order valence-electron chi connectivity index (χ3n) is 6.53. The van der Waals surface area contributed by atoms with Crippen molar-refractivity contribution in [2.24, 2.45) is 0 Å². The Morgan fingerprint density at radius 1 is 0.857 bits per heavy atom. The standard InChI is InChI=1S/C31H37N3O/c1-5-7-20-33(22-25-18-19-29(35-4)24(3)21-25)23-28-30(26-14-10-8-11-15-26)32-31(34(28)6-2)27-16-12-9-13-17-27/h8-19,21H,5-7,20,22-23H2,1-4H3. The third-order valence-corrected chi connectivity index (χ3v) is 6.53. The number of aromatic nitrogens is 2. The highest BCUT2D eigenvalue weighted by atomic mass is 16.5. The van der Waals surface area contributed by atoms with Crippen molar-refractivity contribution in [3.8, 4) is 28.4 Å². The SMILES string of the molecule is CCCCN(Cc1ccc(OC)c(C)c1)Cc1c(-c2ccccc2)nc(-c2ccccc2)n1CC. The molecular weight excluding hydrogens is 430 g/mol. The molecule has 182 valence electrons. The van der Waals surface area contributed by atoms with Gasteiger partial charge in [-0.25, -0.2) is 4.98 Å². The van der Waals surface area contributed by atoms with Crippen molar-refractivity contribution in [2.75, 3.05) is 13.7 Å². The van der Waals surface area contributed by atoms with Gasteiger partial charge in [0.2, 0.25) is 0 Å². The van der Waals surface area contributed by atoms with Crippen LogP contribution in [0.4, 0.5) is 0 Å². The van der Waals surface area contributed by atoms with E-state index in [2.05, 4.69) is 109 Å². The Kier molecular flexibility index (Phi) is 8.38. The lowest BCUT2D eigenvalue weighted by Crippen LogP contribution is -2.26. The van der Waals surface area contributed by atoms with Crippen LogP contribution < -0.4 is 4.74 Å². The van der Waals surface area contributed by atoms with Crippen LogP contribution in [0.3, 0.4) is 0 Å². The summed E-state index contributed by atoms with van der Waals surface area (Å²) in [5, 5.41) is 0. The molecule has 0 fully saturated rings. The highest BCUT2D eigenvalue weighted by Crippen LogP contribution is 2.31. The zero-order chi connectivity index (χ0) is 24.6. The Morgan fingerprint density at radius 3 is 2.14 bits per heavy atom. The molecule has 4 nitrogen and oxygen atoms in total. The van der Waals surface area contributed by atoms with Crippen molar-refractivity contribution in [2.45, 2.75) is 53.2 Å². The molecule has 1 heterocycles. The Morgan fingerprint density at radius 2 is 1.54 bits per heavy atom. The maximum Gasteiger partial charge on any atom is 0.140 e. The topological polar surface area (TPSA) is 30.3 Å². The molecular formula is C31H37N3O. The number of benzene rings is 3. The molecule has 0 radical (unpaired) electrons. The first-order valence-corrected chi connectivity index (χ1v) is 12.7. The number of imidazole rings is 1. The highest BCUT2D eigenvalue weighted by Gasteiger charge is 2.21. The van der Waals surface area contributed by atoms with Crippen LogP contribution in [0.2, 0.25) is 0 Å². The fourth-order valence-electron chi connectivity index (χ4n) is 4.73. The molecule has 0 bridgehead atoms. The van der Waals surface area contributed by atoms with Crippen LogP contribution in [0.15, 0.2) is 78.9 Å². The number of hydrogen-bond acceptors (Lipinski definition) is 3. The van der Waals surface area contributed by atoms with Gasteiger partial charge in [0.15, 0.2) is 0 Å². The second-order valence-electron chi connectivity index (χ2n) is 9.08. The van der Waals surface area contributed by atoms with Gasteiger partial charge in [-0.3, -0.25) is 4.90 Å². The molecule has 0 aliphatic heterocycles. The van der Waals surface area contributed by atoms with Crippen LogP contribution in [-0.4, -0.2) is 28.1 Å². The lowest BCUT2D eigenvalue weighted by Gasteiger charge is -2.24. The molecule has 0 aliphatic carbocycles. The molecule has 0 amide bonds. The van der Waals surface area contributed by atoms with Gasteiger partial charge in [-0.2, -0.15) is 0 Å². The summed E-state index contributed by atoms with van der Waals surface area (Å²) in [5.41, 5.74) is 7.17. The van der Waals surface area contributed by atoms with Crippen molar-refractivity contribution < 1.29 is 4.74 Å². The van der Waals surface area contributed by atoms with Gasteiger partial charge in [0.05, 0.1) is 18.5 Å². The lowest BCUT2D eigenvalue weighted by molar-refractivity contribution is 0.246. The average molecular weight is 468 g/mol. The van der Waals surface area contributed by atoms with E-state index in [0.717, 1.165) is 49.0 Å². The predicted molar refractivity (Wildman–Crippen MR) is 146 cm³/mol. The zero-order valence-electron chi connectivity index (χ0n) is 21.5. The number of ether oxygens (including phenoxy) is 1. The van der Waals surface area contributed by atoms with Crippen LogP contribution in [-0.2, 0) is 19.6 Å². The molecule has 4 heteroatoms. The van der Waals surface area contributed by atoms with E-state index in [1.54, 1.807) is 7.11 Å². The normalized spacial score (nSPS) is 11.2. The van der Waals surface area contributed by atoms with Gasteiger partial charge in [0.25, 0.3) is 0 Å². The highest BCUT2D eigenvalue weighted by molar-refractivity contribution is 5.68. The maximum atomic E-state index is 5.48. The molecule has 0 saturated carbocycles. The summed E-state index contributed by atoms with van der Waals surface area (Å²) in [6.07, 6.45) is 2.34. The van der Waals surface area contributed by atoms with Crippen molar-refractivity contribution in [3.63, 3.8) is 0 Å². The predicted octanol–water partition coefficient (Wildman–Crippen LogP) is 7.36. The second kappa shape index (κ2) is 11.9. The van der Waals surface area contributed by atoms with Crippen LogP contribution in [0.5, 0.6) is 5.75 Å². The maximum absolute atomic E-state index is 5.48. The Bertz CT molecular complexity index is 1210. The first-order chi connectivity index (χ1) is 17.1. The second-order valence-corrected chi connectivity index (χ2v) is 9.08. The van der Waals surface area contributed by atoms with Gasteiger partial charge in [-0.15, -0.1) is 0 Å². The molecule has 4 rings (SSSR count). The summed E-state index contributed by atoms with van der Waals surface area (Å²) in [4.78, 5) is 7.78. The van der Waals surface area contributed by atoms with E-state index in [1.807, 2.05) is 0 Å². The minimum atomic E-state index is 0.850. The summed E-state index contributed by atoms with van der Waals surface area (Å²) >= 11 is 0. The van der Waals surface area contributed by atoms with E-state index < -0.39 is 0 Å². The van der Waals surface area contributed by atoms with Gasteiger partial charge in [0, 0.05) is 30.8 Å². The van der Waals surface area contributed by atoms with Crippen molar-refractivity contribution in [1.29, 1.82) is 0 Å². The number of hydrogen-bond donors (Lipinski definition) is 0. The summed E-state index contributed by atoms with van der Waals surface area (Å²) in [7, 11) is 1.73. The van der Waals surface area contributed by atoms with E-state index in [1.165, 1.54) is 35.2 Å². The molecule has 0 N–H and O–H groups in total. The Balaban J connectivity index is 1.75. The van der Waals surface area contributed by atoms with Gasteiger partial charge in [0.1, 0.15) is 11.6 Å². The van der Waals surface area contributed by atoms with Gasteiger partial charge < -0.3 is 9.30 Å². The molecule has 0 atom stereocenters. The first-order valence-electron chi connectivity index (χ1n) is 12.7. The number of nitrogens with zero attached hydrogens (tertiary/aromatic N) is 3. The summed E-state index contributed by atoms with van der Waals surface area (Å²) < 4.78 is 7.88. The molecule has 1 aromatic heterocycles. The Hall–Kier alpha value is -3.37. The van der Waals surface area contributed by atoms with Crippen LogP contribution in [0.25, 0.3) is 22.6 Å². The largest absolute Gasteiger partial charge is 0.496 e. The van der Waals surface area contributed by atoms with Crippen molar-refractivity contribution >= 4 is 0 Å². The van der Waals surface area contributed by atoms with Crippen LogP contribution in [0.1, 0.15) is 43.5 Å². The first kappa shape index (κ1) is 24.7. The van der Waals surface area contributed by atoms with Gasteiger partial charge in [-0.1, -0.05) is 86.1 Å². The molecule has 0 unspecified atom stereocenters. The smallest absolute Gasteiger partial charge is 0.140 e. The monoisotopic (exact) mass is 467 g/mol. The number of rotatable bonds is 11. The fourth-order valence-corrected chi connectivity index (χ4v) is 4.73. The minimum Gasteiger partial charge on any atom is -0.496 e. The summed E-state index contributed by atoms with van der Waals surface area (Å²) in [5.74, 6) is 1.98. The Labute approximate surface area is 210 Å². The molecule has 3 aromatic carbocycles. The van der Waals surface area contributed by atoms with E-state index >= 15 is 0 Å². The quantitative estimate of drug-likeness (QED) is 0.231. The average Bonchev–Trinajstić information content (AvgIpc) is 3.26. The van der Waals surface area contributed by atoms with Crippen molar-refractivity contribution in [3.05, 3.63) is 95.7 Å². The molecule has 35 heavy (non-hydrogen) atoms. The summed E-state index contributed by atoms with van der Waals surface area (Å²) in [6, 6.07) is 27.7. The zero-order valence-corrected chi connectivity index (χ0v) is 21.5. The number of aryl methyl sites for hydroxylation is 1. The van der Waals surface area contributed by atoms with E-state index in [4.69, 9.17) is 9.72 Å². The number of unbranched alkanes of at least 4 members (excludes halogenated alkanes) is 1. The fraction of sp³-hybridized carbons (Fsp3) is 0.323. The lowest BCUT2D eigenvalue weighted by atomic mass is 10.1. The molecule has 0 saturated heterocycles. The van der Waals surface area contributed by atoms with E-state index in [-0.39, 0.29) is 0 Å². The van der Waals surface area contributed by atoms with E-state index in [9.17, 15) is 0 Å². The molecule has 4 aromatic rings. The van der Waals surface area contributed by atoms with Gasteiger partial charge in [-0.05, 0) is 44.0 Å². The third kappa shape index (κ3) is 5.83. The van der Waals surface area contributed by atoms with Crippen molar-refractivity contribution in [1.82, 2.24) is 14.5 Å². The van der Waals surface area contributed by atoms with Crippen LogP contribution >= 0.6 is 0 Å². The number of methoxy groups -OCH3 is 1. The summed E-state index contributed by atoms with van der Waals surface area (Å²) in [6.45, 7) is 10.3. The van der Waals surface area contributed by atoms with E-state index in [0.29, 0.717) is 0 Å². The molecule has 0 aliphatic rings. The molecule has 0 spiro atoms. The van der Waals surface area contributed by atoms with Gasteiger partial charge >= 0.3 is 0 Å². The minimum absolute atomic E-state index is 0.850. The van der Waals surface area contributed by atoms with Crippen LogP contribution in [0, 0.1) is 6.92 Å².